The van der Waals surface area contributed by atoms with Crippen molar-refractivity contribution in [3.05, 3.63) is 0 Å². The molecule has 5 nitrogen and oxygen atoms in total. The highest BCUT2D eigenvalue weighted by atomic mass is 16.4. The lowest BCUT2D eigenvalue weighted by Gasteiger charge is -2.37. The molecule has 0 saturated heterocycles. The molecular formula is C12H24N2O3. The Bertz CT molecular complexity index is 287. The molecule has 0 spiro atoms. The SMILES string of the molecule is CC(C)(N)CC(=O)N(CCC(=O)O)C(C)(C)C. The molecule has 0 radical (unpaired) electrons. The molecule has 0 fully saturated rings. The Hall–Kier alpha value is -1.10. The number of hydrogen-bond acceptors (Lipinski definition) is 3. The van der Waals surface area contributed by atoms with Crippen LogP contribution in [0.5, 0.6) is 0 Å². The lowest BCUT2D eigenvalue weighted by Crippen LogP contribution is -2.49. The van der Waals surface area contributed by atoms with Gasteiger partial charge in [-0.15, -0.1) is 0 Å². The zero-order valence-corrected chi connectivity index (χ0v) is 11.4. The predicted octanol–water partition coefficient (Wildman–Crippen LogP) is 1.22. The van der Waals surface area contributed by atoms with Gasteiger partial charge >= 0.3 is 5.97 Å². The standard InChI is InChI=1S/C12H24N2O3/c1-11(2,3)14(7-6-10(16)17)9(15)8-12(4,5)13/h6-8,13H2,1-5H3,(H,16,17). The Morgan fingerprint density at radius 3 is 1.94 bits per heavy atom. The van der Waals surface area contributed by atoms with E-state index in [-0.39, 0.29) is 25.3 Å². The van der Waals surface area contributed by atoms with Crippen LogP contribution in [0.4, 0.5) is 0 Å². The van der Waals surface area contributed by atoms with Crippen LogP contribution < -0.4 is 5.73 Å². The van der Waals surface area contributed by atoms with Gasteiger partial charge in [-0.25, -0.2) is 0 Å². The van der Waals surface area contributed by atoms with Gasteiger partial charge in [-0.05, 0) is 34.6 Å². The van der Waals surface area contributed by atoms with Crippen LogP contribution in [0, 0.1) is 0 Å². The molecule has 0 aliphatic heterocycles. The second-order valence-electron chi connectivity index (χ2n) is 6.03. The minimum atomic E-state index is -0.904. The van der Waals surface area contributed by atoms with Gasteiger partial charge in [-0.3, -0.25) is 9.59 Å². The number of aliphatic carboxylic acids is 1. The third kappa shape index (κ3) is 6.94. The van der Waals surface area contributed by atoms with Crippen molar-refractivity contribution in [3.8, 4) is 0 Å². The van der Waals surface area contributed by atoms with Crippen LogP contribution in [0.2, 0.25) is 0 Å². The molecule has 0 bridgehead atoms. The Morgan fingerprint density at radius 1 is 1.18 bits per heavy atom. The van der Waals surface area contributed by atoms with E-state index in [2.05, 4.69) is 0 Å². The Morgan fingerprint density at radius 2 is 1.65 bits per heavy atom. The maximum atomic E-state index is 12.1. The number of rotatable bonds is 5. The monoisotopic (exact) mass is 244 g/mol. The molecule has 0 aliphatic carbocycles. The average Bonchev–Trinajstić information content (AvgIpc) is 1.96. The second-order valence-corrected chi connectivity index (χ2v) is 6.03. The van der Waals surface area contributed by atoms with Gasteiger partial charge < -0.3 is 15.7 Å². The van der Waals surface area contributed by atoms with E-state index in [1.165, 1.54) is 0 Å². The van der Waals surface area contributed by atoms with Gasteiger partial charge in [-0.1, -0.05) is 0 Å². The summed E-state index contributed by atoms with van der Waals surface area (Å²) in [4.78, 5) is 24.2. The minimum absolute atomic E-state index is 0.0476. The van der Waals surface area contributed by atoms with Crippen LogP contribution in [0.1, 0.15) is 47.5 Å². The number of nitrogens with two attached hydrogens (primary N) is 1. The number of carbonyl (C=O) groups is 2. The molecule has 17 heavy (non-hydrogen) atoms. The summed E-state index contributed by atoms with van der Waals surface area (Å²) < 4.78 is 0. The van der Waals surface area contributed by atoms with Crippen LogP contribution in [-0.4, -0.2) is 39.5 Å². The molecule has 0 heterocycles. The van der Waals surface area contributed by atoms with E-state index >= 15 is 0 Å². The lowest BCUT2D eigenvalue weighted by atomic mass is 9.98. The first-order valence-electron chi connectivity index (χ1n) is 5.74. The first-order valence-corrected chi connectivity index (χ1v) is 5.74. The van der Waals surface area contributed by atoms with Crippen molar-refractivity contribution in [2.45, 2.75) is 58.5 Å². The van der Waals surface area contributed by atoms with Crippen LogP contribution in [0.15, 0.2) is 0 Å². The fraction of sp³-hybridized carbons (Fsp3) is 0.833. The molecule has 0 aromatic heterocycles. The van der Waals surface area contributed by atoms with Gasteiger partial charge in [0, 0.05) is 24.0 Å². The van der Waals surface area contributed by atoms with Gasteiger partial charge in [0.25, 0.3) is 0 Å². The maximum Gasteiger partial charge on any atom is 0.305 e. The van der Waals surface area contributed by atoms with E-state index < -0.39 is 17.0 Å². The quantitative estimate of drug-likeness (QED) is 0.761. The summed E-state index contributed by atoms with van der Waals surface area (Å²) in [7, 11) is 0. The van der Waals surface area contributed by atoms with E-state index in [1.807, 2.05) is 20.8 Å². The predicted molar refractivity (Wildman–Crippen MR) is 66.6 cm³/mol. The van der Waals surface area contributed by atoms with Gasteiger partial charge in [0.2, 0.25) is 5.91 Å². The number of amides is 1. The number of carboxylic acids is 1. The number of hydrogen-bond donors (Lipinski definition) is 2. The number of nitrogens with zero attached hydrogens (tertiary/aromatic N) is 1. The second kappa shape index (κ2) is 5.49. The number of carbonyl (C=O) groups excluding carboxylic acids is 1. The summed E-state index contributed by atoms with van der Waals surface area (Å²) in [5.41, 5.74) is 4.84. The zero-order chi connectivity index (χ0) is 13.9. The third-order valence-corrected chi connectivity index (χ3v) is 2.27. The van der Waals surface area contributed by atoms with E-state index in [1.54, 1.807) is 18.7 Å². The molecule has 0 unspecified atom stereocenters. The summed E-state index contributed by atoms with van der Waals surface area (Å²) in [6.45, 7) is 9.43. The zero-order valence-electron chi connectivity index (χ0n) is 11.4. The molecular weight excluding hydrogens is 220 g/mol. The summed E-state index contributed by atoms with van der Waals surface area (Å²) in [6, 6.07) is 0. The van der Waals surface area contributed by atoms with E-state index in [0.29, 0.717) is 0 Å². The average molecular weight is 244 g/mol. The fourth-order valence-corrected chi connectivity index (χ4v) is 1.53. The van der Waals surface area contributed by atoms with Crippen molar-refractivity contribution in [2.24, 2.45) is 5.73 Å². The van der Waals surface area contributed by atoms with Crippen molar-refractivity contribution in [1.82, 2.24) is 4.90 Å². The van der Waals surface area contributed by atoms with Crippen molar-refractivity contribution < 1.29 is 14.7 Å². The Kier molecular flexibility index (Phi) is 5.13. The van der Waals surface area contributed by atoms with Crippen molar-refractivity contribution in [3.63, 3.8) is 0 Å². The normalized spacial score (nSPS) is 12.4. The highest BCUT2D eigenvalue weighted by Gasteiger charge is 2.29. The van der Waals surface area contributed by atoms with Crippen molar-refractivity contribution in [1.29, 1.82) is 0 Å². The highest BCUT2D eigenvalue weighted by molar-refractivity contribution is 5.78. The number of carboxylic acid groups (broad SMARTS) is 1. The summed E-state index contributed by atoms with van der Waals surface area (Å²) in [6.07, 6.45) is 0.165. The van der Waals surface area contributed by atoms with Gasteiger partial charge in [-0.2, -0.15) is 0 Å². The first kappa shape index (κ1) is 15.9. The molecule has 0 aliphatic rings. The third-order valence-electron chi connectivity index (χ3n) is 2.27. The van der Waals surface area contributed by atoms with E-state index in [0.717, 1.165) is 0 Å². The molecule has 5 heteroatoms. The van der Waals surface area contributed by atoms with Crippen molar-refractivity contribution in [2.75, 3.05) is 6.54 Å². The first-order chi connectivity index (χ1) is 7.43. The van der Waals surface area contributed by atoms with Crippen molar-refractivity contribution >= 4 is 11.9 Å². The van der Waals surface area contributed by atoms with Crippen LogP contribution in [-0.2, 0) is 9.59 Å². The fourth-order valence-electron chi connectivity index (χ4n) is 1.53. The van der Waals surface area contributed by atoms with E-state index in [9.17, 15) is 9.59 Å². The molecule has 0 saturated carbocycles. The van der Waals surface area contributed by atoms with Crippen LogP contribution >= 0.6 is 0 Å². The van der Waals surface area contributed by atoms with E-state index in [4.69, 9.17) is 10.8 Å². The largest absolute Gasteiger partial charge is 0.481 e. The molecule has 0 aromatic rings. The smallest absolute Gasteiger partial charge is 0.305 e. The summed E-state index contributed by atoms with van der Waals surface area (Å²) >= 11 is 0. The lowest BCUT2D eigenvalue weighted by molar-refractivity contribution is -0.141. The topological polar surface area (TPSA) is 83.6 Å². The minimum Gasteiger partial charge on any atom is -0.481 e. The summed E-state index contributed by atoms with van der Waals surface area (Å²) in [5, 5.41) is 8.68. The maximum absolute atomic E-state index is 12.1. The highest BCUT2D eigenvalue weighted by Crippen LogP contribution is 2.18. The van der Waals surface area contributed by atoms with Crippen LogP contribution in [0.3, 0.4) is 0 Å². The van der Waals surface area contributed by atoms with Gasteiger partial charge in [0.15, 0.2) is 0 Å². The van der Waals surface area contributed by atoms with Gasteiger partial charge in [0.1, 0.15) is 0 Å². The molecule has 1 amide bonds. The van der Waals surface area contributed by atoms with Crippen LogP contribution in [0.25, 0.3) is 0 Å². The van der Waals surface area contributed by atoms with Gasteiger partial charge in [0.05, 0.1) is 6.42 Å². The molecule has 3 N–H and O–H groups in total. The summed E-state index contributed by atoms with van der Waals surface area (Å²) in [5.74, 6) is -1.01. The Balaban J connectivity index is 4.70. The Labute approximate surface area is 103 Å². The molecule has 0 aromatic carbocycles. The molecule has 0 atom stereocenters. The molecule has 0 rings (SSSR count). The molecule has 100 valence electrons.